The first-order valence-corrected chi connectivity index (χ1v) is 9.48. The maximum atomic E-state index is 12.8. The summed E-state index contributed by atoms with van der Waals surface area (Å²) >= 11 is 0. The summed E-state index contributed by atoms with van der Waals surface area (Å²) in [5, 5.41) is 0. The average Bonchev–Trinajstić information content (AvgIpc) is 2.66. The zero-order valence-corrected chi connectivity index (χ0v) is 16.7. The molecule has 0 radical (unpaired) electrons. The molecule has 3 atom stereocenters. The normalized spacial score (nSPS) is 28.0. The maximum Gasteiger partial charge on any atom is 0.312 e. The van der Waals surface area contributed by atoms with Crippen molar-refractivity contribution >= 4 is 17.5 Å². The highest BCUT2D eigenvalue weighted by Crippen LogP contribution is 2.55. The molecule has 5 heteroatoms. The highest BCUT2D eigenvalue weighted by molar-refractivity contribution is 5.94. The molecule has 0 aromatic heterocycles. The minimum absolute atomic E-state index is 0.0127. The first kappa shape index (κ1) is 21.3. The Balaban J connectivity index is 2.22. The molecule has 1 aromatic carbocycles. The van der Waals surface area contributed by atoms with Crippen LogP contribution in [0.4, 0.5) is 0 Å². The van der Waals surface area contributed by atoms with Crippen LogP contribution in [0.1, 0.15) is 52.0 Å². The summed E-state index contributed by atoms with van der Waals surface area (Å²) in [6.45, 7) is 5.92. The predicted molar refractivity (Wildman–Crippen MR) is 102 cm³/mol. The Bertz CT molecular complexity index is 683. The van der Waals surface area contributed by atoms with Gasteiger partial charge in [-0.3, -0.25) is 9.59 Å². The van der Waals surface area contributed by atoms with E-state index in [4.69, 9.17) is 9.47 Å². The fraction of sp³-hybridized carbons (Fsp3) is 0.591. The molecule has 0 spiro atoms. The third-order valence-electron chi connectivity index (χ3n) is 6.32. The molecule has 1 saturated carbocycles. The lowest BCUT2D eigenvalue weighted by atomic mass is 9.51. The van der Waals surface area contributed by atoms with Crippen LogP contribution in [0.3, 0.4) is 0 Å². The topological polar surface area (TPSA) is 69.7 Å². The van der Waals surface area contributed by atoms with Gasteiger partial charge in [-0.05, 0) is 38.2 Å². The van der Waals surface area contributed by atoms with Crippen molar-refractivity contribution in [2.75, 3.05) is 13.7 Å². The van der Waals surface area contributed by atoms with Crippen LogP contribution in [0.5, 0.6) is 0 Å². The van der Waals surface area contributed by atoms with Crippen molar-refractivity contribution in [1.82, 2.24) is 0 Å². The van der Waals surface area contributed by atoms with Gasteiger partial charge in [-0.1, -0.05) is 37.3 Å². The molecule has 0 saturated heterocycles. The number of ether oxygens (including phenoxy) is 2. The molecule has 1 aromatic rings. The molecule has 0 amide bonds. The second kappa shape index (κ2) is 8.79. The fourth-order valence-electron chi connectivity index (χ4n) is 4.18. The number of esters is 1. The maximum absolute atomic E-state index is 12.8. The van der Waals surface area contributed by atoms with E-state index < -0.39 is 16.8 Å². The molecule has 0 unspecified atom stereocenters. The van der Waals surface area contributed by atoms with Crippen molar-refractivity contribution in [2.45, 2.75) is 53.1 Å². The van der Waals surface area contributed by atoms with Gasteiger partial charge in [0.15, 0.2) is 0 Å². The standard InChI is InChI=1S/C22H30O5/c1-16(23)12-13-21(2)19(24)11-10-18(22(21,3)20(25)26-4)15-27-14-17-8-6-5-7-9-17/h5-9,18H,10-15H2,1-4H3/t18-,21-,22+/m0/s1. The van der Waals surface area contributed by atoms with Crippen molar-refractivity contribution < 1.29 is 23.9 Å². The molecule has 1 aliphatic rings. The van der Waals surface area contributed by atoms with Crippen molar-refractivity contribution in [3.05, 3.63) is 35.9 Å². The van der Waals surface area contributed by atoms with Gasteiger partial charge in [0.05, 0.1) is 25.7 Å². The quantitative estimate of drug-likeness (QED) is 0.648. The average molecular weight is 374 g/mol. The van der Waals surface area contributed by atoms with Crippen molar-refractivity contribution in [1.29, 1.82) is 0 Å². The van der Waals surface area contributed by atoms with Gasteiger partial charge in [-0.25, -0.2) is 0 Å². The molecule has 5 nitrogen and oxygen atoms in total. The van der Waals surface area contributed by atoms with Gasteiger partial charge in [0.1, 0.15) is 11.6 Å². The first-order chi connectivity index (χ1) is 12.8. The number of hydrogen-bond donors (Lipinski definition) is 0. The SMILES string of the molecule is COC(=O)[C@@]1(C)[C@H](COCc2ccccc2)CCC(=O)[C@]1(C)CCC(C)=O. The highest BCUT2D eigenvalue weighted by atomic mass is 16.5. The van der Waals surface area contributed by atoms with Crippen molar-refractivity contribution in [3.8, 4) is 0 Å². The van der Waals surface area contributed by atoms with Crippen LogP contribution in [-0.2, 0) is 30.5 Å². The number of rotatable bonds is 8. The van der Waals surface area contributed by atoms with Crippen LogP contribution < -0.4 is 0 Å². The molecule has 0 aliphatic heterocycles. The molecule has 1 fully saturated rings. The largest absolute Gasteiger partial charge is 0.469 e. The highest BCUT2D eigenvalue weighted by Gasteiger charge is 2.61. The monoisotopic (exact) mass is 374 g/mol. The van der Waals surface area contributed by atoms with Gasteiger partial charge in [0.25, 0.3) is 0 Å². The second-order valence-electron chi connectivity index (χ2n) is 7.89. The van der Waals surface area contributed by atoms with Crippen LogP contribution in [0.2, 0.25) is 0 Å². The van der Waals surface area contributed by atoms with Crippen LogP contribution in [-0.4, -0.2) is 31.3 Å². The van der Waals surface area contributed by atoms with E-state index in [1.807, 2.05) is 30.3 Å². The summed E-state index contributed by atoms with van der Waals surface area (Å²) in [5.74, 6) is -0.520. The number of carbonyl (C=O) groups excluding carboxylic acids is 3. The van der Waals surface area contributed by atoms with Gasteiger partial charge in [-0.15, -0.1) is 0 Å². The Morgan fingerprint density at radius 3 is 2.44 bits per heavy atom. The van der Waals surface area contributed by atoms with Crippen LogP contribution in [0, 0.1) is 16.7 Å². The number of hydrogen-bond acceptors (Lipinski definition) is 5. The van der Waals surface area contributed by atoms with Gasteiger partial charge in [-0.2, -0.15) is 0 Å². The first-order valence-electron chi connectivity index (χ1n) is 9.48. The van der Waals surface area contributed by atoms with Crippen LogP contribution in [0.25, 0.3) is 0 Å². The fourth-order valence-corrected chi connectivity index (χ4v) is 4.18. The van der Waals surface area contributed by atoms with E-state index in [9.17, 15) is 14.4 Å². The summed E-state index contributed by atoms with van der Waals surface area (Å²) in [4.78, 5) is 37.2. The molecular weight excluding hydrogens is 344 g/mol. The van der Waals surface area contributed by atoms with E-state index >= 15 is 0 Å². The zero-order valence-electron chi connectivity index (χ0n) is 16.7. The molecule has 27 heavy (non-hydrogen) atoms. The second-order valence-corrected chi connectivity index (χ2v) is 7.89. The van der Waals surface area contributed by atoms with E-state index in [1.54, 1.807) is 13.8 Å². The summed E-state index contributed by atoms with van der Waals surface area (Å²) in [5.41, 5.74) is -0.905. The molecule has 148 valence electrons. The van der Waals surface area contributed by atoms with Gasteiger partial charge < -0.3 is 14.3 Å². The third kappa shape index (κ3) is 4.29. The van der Waals surface area contributed by atoms with Crippen LogP contribution >= 0.6 is 0 Å². The van der Waals surface area contributed by atoms with Gasteiger partial charge >= 0.3 is 5.97 Å². The van der Waals surface area contributed by atoms with Crippen molar-refractivity contribution in [2.24, 2.45) is 16.7 Å². The zero-order chi connectivity index (χ0) is 20.1. The Kier molecular flexibility index (Phi) is 6.93. The van der Waals surface area contributed by atoms with Gasteiger partial charge in [0.2, 0.25) is 0 Å². The van der Waals surface area contributed by atoms with Gasteiger partial charge in [0, 0.05) is 18.3 Å². The van der Waals surface area contributed by atoms with E-state index in [0.717, 1.165) is 5.56 Å². The molecule has 1 aliphatic carbocycles. The Morgan fingerprint density at radius 2 is 1.85 bits per heavy atom. The third-order valence-corrected chi connectivity index (χ3v) is 6.32. The molecule has 0 N–H and O–H groups in total. The van der Waals surface area contributed by atoms with E-state index in [0.29, 0.717) is 32.5 Å². The number of ketones is 2. The lowest BCUT2D eigenvalue weighted by Gasteiger charge is -2.51. The molecule has 2 rings (SSSR count). The minimum atomic E-state index is -1.02. The summed E-state index contributed by atoms with van der Waals surface area (Å²) in [6, 6.07) is 9.83. The van der Waals surface area contributed by atoms with Crippen LogP contribution in [0.15, 0.2) is 30.3 Å². The lowest BCUT2D eigenvalue weighted by molar-refractivity contribution is -0.180. The predicted octanol–water partition coefficient (Wildman–Crippen LogP) is 3.74. The number of carbonyl (C=O) groups is 3. The number of benzene rings is 1. The van der Waals surface area contributed by atoms with E-state index in [-0.39, 0.29) is 23.9 Å². The Hall–Kier alpha value is -2.01. The summed E-state index contributed by atoms with van der Waals surface area (Å²) in [7, 11) is 1.35. The molecular formula is C22H30O5. The molecule has 0 bridgehead atoms. The Morgan fingerprint density at radius 1 is 1.19 bits per heavy atom. The summed E-state index contributed by atoms with van der Waals surface area (Å²) in [6.07, 6.45) is 1.59. The summed E-state index contributed by atoms with van der Waals surface area (Å²) < 4.78 is 11.0. The minimum Gasteiger partial charge on any atom is -0.469 e. The number of methoxy groups -OCH3 is 1. The Labute approximate surface area is 161 Å². The molecule has 0 heterocycles. The lowest BCUT2D eigenvalue weighted by Crippen LogP contribution is -2.57. The van der Waals surface area contributed by atoms with E-state index in [1.165, 1.54) is 14.0 Å². The smallest absolute Gasteiger partial charge is 0.312 e. The van der Waals surface area contributed by atoms with Crippen molar-refractivity contribution in [3.63, 3.8) is 0 Å². The van der Waals surface area contributed by atoms with E-state index in [2.05, 4.69) is 0 Å². The number of Topliss-reactive ketones (excluding diaryl/α,β-unsaturated/α-hetero) is 2.